The Bertz CT molecular complexity index is 904. The highest BCUT2D eigenvalue weighted by Crippen LogP contribution is 2.26. The first-order valence-electron chi connectivity index (χ1n) is 9.25. The summed E-state index contributed by atoms with van der Waals surface area (Å²) < 4.78 is 1.65. The summed E-state index contributed by atoms with van der Waals surface area (Å²) in [5.41, 5.74) is 2.08. The first kappa shape index (κ1) is 19.6. The van der Waals surface area contributed by atoms with Crippen molar-refractivity contribution in [2.75, 3.05) is 6.54 Å². The summed E-state index contributed by atoms with van der Waals surface area (Å²) >= 11 is 0. The van der Waals surface area contributed by atoms with E-state index in [2.05, 4.69) is 10.4 Å². The maximum atomic E-state index is 13.0. The van der Waals surface area contributed by atoms with Crippen molar-refractivity contribution in [3.8, 4) is 5.69 Å². The van der Waals surface area contributed by atoms with Gasteiger partial charge in [-0.25, -0.2) is 9.48 Å². The van der Waals surface area contributed by atoms with Crippen LogP contribution in [-0.4, -0.2) is 50.2 Å². The molecule has 2 aromatic rings. The molecule has 0 bridgehead atoms. The number of fused-ring (bicyclic) bond motifs is 1. The number of hydrogen-bond acceptors (Lipinski definition) is 4. The summed E-state index contributed by atoms with van der Waals surface area (Å²) in [6.07, 6.45) is 0.487. The number of aromatic carboxylic acids is 1. The Labute approximate surface area is 163 Å². The van der Waals surface area contributed by atoms with E-state index in [1.165, 1.54) is 6.92 Å². The van der Waals surface area contributed by atoms with Crippen molar-refractivity contribution in [3.63, 3.8) is 0 Å². The molecule has 0 fully saturated rings. The van der Waals surface area contributed by atoms with Crippen LogP contribution in [0.1, 0.15) is 42.5 Å². The number of hydrogen-bond donors (Lipinski definition) is 2. The molecule has 0 radical (unpaired) electrons. The third kappa shape index (κ3) is 3.76. The molecule has 0 aliphatic carbocycles. The molecular weight excluding hydrogens is 360 g/mol. The van der Waals surface area contributed by atoms with E-state index in [9.17, 15) is 19.5 Å². The smallest absolute Gasteiger partial charge is 0.356 e. The van der Waals surface area contributed by atoms with Gasteiger partial charge in [-0.05, 0) is 18.1 Å². The number of para-hydroxylation sites is 1. The molecule has 8 heteroatoms. The number of aromatic nitrogens is 2. The van der Waals surface area contributed by atoms with Crippen LogP contribution in [0.4, 0.5) is 0 Å². The molecule has 8 nitrogen and oxygen atoms in total. The zero-order valence-corrected chi connectivity index (χ0v) is 16.2. The fourth-order valence-electron chi connectivity index (χ4n) is 3.49. The zero-order chi connectivity index (χ0) is 20.4. The average molecular weight is 384 g/mol. The van der Waals surface area contributed by atoms with E-state index in [4.69, 9.17) is 0 Å². The molecular formula is C20H24N4O4. The Balaban J connectivity index is 1.94. The summed E-state index contributed by atoms with van der Waals surface area (Å²) in [7, 11) is 0. The van der Waals surface area contributed by atoms with Gasteiger partial charge < -0.3 is 15.3 Å². The van der Waals surface area contributed by atoms with Crippen LogP contribution in [0.5, 0.6) is 0 Å². The van der Waals surface area contributed by atoms with Crippen LogP contribution in [0.3, 0.4) is 0 Å². The van der Waals surface area contributed by atoms with E-state index < -0.39 is 12.0 Å². The molecule has 1 aromatic heterocycles. The van der Waals surface area contributed by atoms with Crippen LogP contribution in [0.15, 0.2) is 30.3 Å². The topological polar surface area (TPSA) is 105 Å². The quantitative estimate of drug-likeness (QED) is 0.815. The van der Waals surface area contributed by atoms with Crippen LogP contribution in [0, 0.1) is 5.92 Å². The number of benzene rings is 1. The second kappa shape index (κ2) is 7.84. The van der Waals surface area contributed by atoms with Gasteiger partial charge in [-0.15, -0.1) is 0 Å². The normalized spacial score (nSPS) is 14.5. The third-order valence-corrected chi connectivity index (χ3v) is 4.86. The SMILES string of the molecule is CC(=O)NC(C(=O)N1CCc2c(c(C(=O)O)nn2-c2ccccc2)C1)C(C)C. The monoisotopic (exact) mass is 384 g/mol. The lowest BCUT2D eigenvalue weighted by Crippen LogP contribution is -2.51. The molecule has 0 spiro atoms. The minimum Gasteiger partial charge on any atom is -0.476 e. The second-order valence-corrected chi connectivity index (χ2v) is 7.26. The van der Waals surface area contributed by atoms with Gasteiger partial charge in [0, 0.05) is 32.0 Å². The van der Waals surface area contributed by atoms with Gasteiger partial charge in [-0.1, -0.05) is 32.0 Å². The van der Waals surface area contributed by atoms with Gasteiger partial charge in [-0.3, -0.25) is 9.59 Å². The number of carbonyl (C=O) groups is 3. The lowest BCUT2D eigenvalue weighted by molar-refractivity contribution is -0.138. The molecule has 2 N–H and O–H groups in total. The van der Waals surface area contributed by atoms with Crippen molar-refractivity contribution in [3.05, 3.63) is 47.3 Å². The van der Waals surface area contributed by atoms with Gasteiger partial charge in [0.2, 0.25) is 11.8 Å². The van der Waals surface area contributed by atoms with Gasteiger partial charge in [-0.2, -0.15) is 5.10 Å². The molecule has 1 aromatic carbocycles. The summed E-state index contributed by atoms with van der Waals surface area (Å²) in [5.74, 6) is -1.68. The summed E-state index contributed by atoms with van der Waals surface area (Å²) in [5, 5.41) is 16.6. The highest BCUT2D eigenvalue weighted by molar-refractivity contribution is 5.89. The van der Waals surface area contributed by atoms with Crippen molar-refractivity contribution in [2.45, 2.75) is 39.8 Å². The predicted molar refractivity (Wildman–Crippen MR) is 102 cm³/mol. The molecule has 1 aliphatic heterocycles. The molecule has 1 unspecified atom stereocenters. The van der Waals surface area contributed by atoms with Gasteiger partial charge in [0.25, 0.3) is 0 Å². The molecule has 3 rings (SSSR count). The molecule has 2 amide bonds. The van der Waals surface area contributed by atoms with E-state index in [0.29, 0.717) is 18.5 Å². The first-order valence-corrected chi connectivity index (χ1v) is 9.25. The lowest BCUT2D eigenvalue weighted by atomic mass is 9.99. The molecule has 0 saturated heterocycles. The molecule has 148 valence electrons. The van der Waals surface area contributed by atoms with Crippen molar-refractivity contribution in [1.82, 2.24) is 20.0 Å². The molecule has 2 heterocycles. The van der Waals surface area contributed by atoms with Crippen LogP contribution < -0.4 is 5.32 Å². The largest absolute Gasteiger partial charge is 0.476 e. The van der Waals surface area contributed by atoms with Crippen molar-refractivity contribution >= 4 is 17.8 Å². The molecule has 0 saturated carbocycles. The van der Waals surface area contributed by atoms with Gasteiger partial charge in [0.1, 0.15) is 6.04 Å². The van der Waals surface area contributed by atoms with E-state index in [1.807, 2.05) is 44.2 Å². The number of nitrogens with zero attached hydrogens (tertiary/aromatic N) is 3. The second-order valence-electron chi connectivity index (χ2n) is 7.26. The number of rotatable bonds is 5. The molecule has 28 heavy (non-hydrogen) atoms. The summed E-state index contributed by atoms with van der Waals surface area (Å²) in [4.78, 5) is 37.8. The van der Waals surface area contributed by atoms with Crippen LogP contribution in [0.25, 0.3) is 5.69 Å². The molecule has 1 atom stereocenters. The van der Waals surface area contributed by atoms with Crippen LogP contribution in [0.2, 0.25) is 0 Å². The Morgan fingerprint density at radius 1 is 1.18 bits per heavy atom. The van der Waals surface area contributed by atoms with E-state index in [1.54, 1.807) is 9.58 Å². The minimum atomic E-state index is -1.12. The average Bonchev–Trinajstić information content (AvgIpc) is 3.05. The summed E-state index contributed by atoms with van der Waals surface area (Å²) in [6.45, 7) is 5.70. The van der Waals surface area contributed by atoms with Crippen molar-refractivity contribution in [1.29, 1.82) is 0 Å². The van der Waals surface area contributed by atoms with Crippen molar-refractivity contribution in [2.24, 2.45) is 5.92 Å². The standard InChI is InChI=1S/C20H24N4O4/c1-12(2)17(21-13(3)25)19(26)23-10-9-16-15(11-23)18(20(27)28)22-24(16)14-7-5-4-6-8-14/h4-8,12,17H,9-11H2,1-3H3,(H,21,25)(H,27,28). The number of carboxylic acids is 1. The zero-order valence-electron chi connectivity index (χ0n) is 16.2. The van der Waals surface area contributed by atoms with Crippen LogP contribution in [-0.2, 0) is 22.6 Å². The van der Waals surface area contributed by atoms with Gasteiger partial charge >= 0.3 is 5.97 Å². The highest BCUT2D eigenvalue weighted by atomic mass is 16.4. The summed E-state index contributed by atoms with van der Waals surface area (Å²) in [6, 6.07) is 8.69. The lowest BCUT2D eigenvalue weighted by Gasteiger charge is -2.32. The Morgan fingerprint density at radius 3 is 2.43 bits per heavy atom. The number of nitrogens with one attached hydrogen (secondary N) is 1. The van der Waals surface area contributed by atoms with Gasteiger partial charge in [0.05, 0.1) is 11.4 Å². The third-order valence-electron chi connectivity index (χ3n) is 4.86. The number of carbonyl (C=O) groups excluding carboxylic acids is 2. The van der Waals surface area contributed by atoms with E-state index in [0.717, 1.165) is 11.4 Å². The maximum absolute atomic E-state index is 13.0. The Kier molecular flexibility index (Phi) is 5.48. The maximum Gasteiger partial charge on any atom is 0.356 e. The van der Waals surface area contributed by atoms with Crippen molar-refractivity contribution < 1.29 is 19.5 Å². The number of carboxylic acid groups (broad SMARTS) is 1. The fourth-order valence-corrected chi connectivity index (χ4v) is 3.49. The predicted octanol–water partition coefficient (Wildman–Crippen LogP) is 1.62. The first-order chi connectivity index (χ1) is 13.3. The van der Waals surface area contributed by atoms with E-state index in [-0.39, 0.29) is 30.0 Å². The number of amides is 2. The Hall–Kier alpha value is -3.16. The van der Waals surface area contributed by atoms with Gasteiger partial charge in [0.15, 0.2) is 5.69 Å². The Morgan fingerprint density at radius 2 is 1.86 bits per heavy atom. The van der Waals surface area contributed by atoms with E-state index >= 15 is 0 Å². The fraction of sp³-hybridized carbons (Fsp3) is 0.400. The minimum absolute atomic E-state index is 0.0445. The molecule has 1 aliphatic rings. The highest BCUT2D eigenvalue weighted by Gasteiger charge is 2.34. The van der Waals surface area contributed by atoms with Crippen LogP contribution >= 0.6 is 0 Å².